The Hall–Kier alpha value is -1.23. The molecule has 2 rings (SSSR count). The van der Waals surface area contributed by atoms with Crippen LogP contribution in [0.25, 0.3) is 11.6 Å². The molecule has 68 valence electrons. The summed E-state index contributed by atoms with van der Waals surface area (Å²) in [6.07, 6.45) is 3.58. The van der Waals surface area contributed by atoms with Gasteiger partial charge in [-0.05, 0) is 18.4 Å². The highest BCUT2D eigenvalue weighted by Crippen LogP contribution is 2.19. The monoisotopic (exact) mass is 195 g/mol. The third-order valence-electron chi connectivity index (χ3n) is 1.65. The molecule has 0 aliphatic rings. The lowest BCUT2D eigenvalue weighted by atomic mass is 10.4. The van der Waals surface area contributed by atoms with Crippen molar-refractivity contribution in [3.63, 3.8) is 0 Å². The topological polar surface area (TPSA) is 43.9 Å². The van der Waals surface area contributed by atoms with Crippen molar-refractivity contribution in [3.8, 4) is 11.6 Å². The summed E-state index contributed by atoms with van der Waals surface area (Å²) < 4.78 is 6.92. The van der Waals surface area contributed by atoms with Crippen LogP contribution in [-0.2, 0) is 7.05 Å². The Morgan fingerprint density at radius 1 is 1.54 bits per heavy atom. The minimum Gasteiger partial charge on any atom is -0.461 e. The van der Waals surface area contributed by atoms with Gasteiger partial charge in [0.25, 0.3) is 0 Å². The summed E-state index contributed by atoms with van der Waals surface area (Å²) in [5, 5.41) is 5.10. The van der Waals surface area contributed by atoms with Crippen molar-refractivity contribution in [1.82, 2.24) is 14.8 Å². The van der Waals surface area contributed by atoms with E-state index < -0.39 is 0 Å². The van der Waals surface area contributed by atoms with E-state index in [9.17, 15) is 0 Å². The van der Waals surface area contributed by atoms with Crippen molar-refractivity contribution in [2.75, 3.05) is 6.26 Å². The van der Waals surface area contributed by atoms with E-state index in [4.69, 9.17) is 4.42 Å². The van der Waals surface area contributed by atoms with E-state index in [2.05, 4.69) is 10.1 Å². The van der Waals surface area contributed by atoms with Crippen LogP contribution >= 0.6 is 11.8 Å². The predicted molar refractivity (Wildman–Crippen MR) is 50.5 cm³/mol. The number of thioether (sulfide) groups is 1. The lowest BCUT2D eigenvalue weighted by Crippen LogP contribution is -1.91. The average molecular weight is 195 g/mol. The minimum atomic E-state index is 0.636. The van der Waals surface area contributed by atoms with E-state index in [1.165, 1.54) is 0 Å². The van der Waals surface area contributed by atoms with Gasteiger partial charge >= 0.3 is 0 Å². The van der Waals surface area contributed by atoms with Crippen LogP contribution in [0.2, 0.25) is 0 Å². The molecule has 5 heteroatoms. The quantitative estimate of drug-likeness (QED) is 0.685. The average Bonchev–Trinajstić information content (AvgIpc) is 2.71. The van der Waals surface area contributed by atoms with Crippen molar-refractivity contribution in [3.05, 3.63) is 18.4 Å². The lowest BCUT2D eigenvalue weighted by Gasteiger charge is -1.89. The Labute approximate surface area is 80.0 Å². The van der Waals surface area contributed by atoms with E-state index in [-0.39, 0.29) is 0 Å². The van der Waals surface area contributed by atoms with Crippen molar-refractivity contribution in [1.29, 1.82) is 0 Å². The summed E-state index contributed by atoms with van der Waals surface area (Å²) in [6.45, 7) is 0. The molecule has 0 unspecified atom stereocenters. The molecular formula is C8H9N3OS. The Morgan fingerprint density at radius 3 is 2.92 bits per heavy atom. The molecule has 2 heterocycles. The predicted octanol–water partition coefficient (Wildman–Crippen LogP) is 1.80. The van der Waals surface area contributed by atoms with Gasteiger partial charge in [-0.15, -0.1) is 5.10 Å². The summed E-state index contributed by atoms with van der Waals surface area (Å²) in [5.41, 5.74) is 0. The zero-order valence-electron chi connectivity index (χ0n) is 7.39. The number of nitrogens with zero attached hydrogens (tertiary/aromatic N) is 3. The molecule has 0 spiro atoms. The van der Waals surface area contributed by atoms with Crippen LogP contribution < -0.4 is 0 Å². The minimum absolute atomic E-state index is 0.636. The van der Waals surface area contributed by atoms with E-state index in [0.717, 1.165) is 5.16 Å². The molecule has 2 aromatic rings. The summed E-state index contributed by atoms with van der Waals surface area (Å²) in [6, 6.07) is 3.67. The molecular weight excluding hydrogens is 186 g/mol. The normalized spacial score (nSPS) is 10.6. The van der Waals surface area contributed by atoms with Gasteiger partial charge in [0.15, 0.2) is 10.9 Å². The molecule has 0 amide bonds. The van der Waals surface area contributed by atoms with E-state index in [0.29, 0.717) is 11.6 Å². The molecule has 0 aromatic carbocycles. The number of aromatic nitrogens is 3. The van der Waals surface area contributed by atoms with Crippen molar-refractivity contribution in [2.24, 2.45) is 7.05 Å². The van der Waals surface area contributed by atoms with Crippen molar-refractivity contribution < 1.29 is 4.42 Å². The van der Waals surface area contributed by atoms with Gasteiger partial charge in [-0.1, -0.05) is 11.8 Å². The second-order valence-corrected chi connectivity index (χ2v) is 3.30. The molecule has 4 nitrogen and oxygen atoms in total. The molecule has 2 aromatic heterocycles. The fourth-order valence-electron chi connectivity index (χ4n) is 1.06. The van der Waals surface area contributed by atoms with Crippen LogP contribution in [0.4, 0.5) is 0 Å². The highest BCUT2D eigenvalue weighted by molar-refractivity contribution is 7.98. The molecule has 0 aliphatic carbocycles. The van der Waals surface area contributed by atoms with Crippen LogP contribution in [0.1, 0.15) is 0 Å². The van der Waals surface area contributed by atoms with Crippen LogP contribution in [0.5, 0.6) is 0 Å². The number of hydrogen-bond acceptors (Lipinski definition) is 4. The summed E-state index contributed by atoms with van der Waals surface area (Å²) in [7, 11) is 1.87. The molecule has 0 fully saturated rings. The van der Waals surface area contributed by atoms with E-state index >= 15 is 0 Å². The maximum atomic E-state index is 5.18. The van der Waals surface area contributed by atoms with Crippen molar-refractivity contribution >= 4 is 11.8 Å². The number of hydrogen-bond donors (Lipinski definition) is 0. The van der Waals surface area contributed by atoms with Gasteiger partial charge in [0.1, 0.15) is 0 Å². The van der Waals surface area contributed by atoms with Crippen LogP contribution in [0.3, 0.4) is 0 Å². The van der Waals surface area contributed by atoms with E-state index in [1.54, 1.807) is 22.7 Å². The maximum absolute atomic E-state index is 5.18. The van der Waals surface area contributed by atoms with Crippen LogP contribution in [0.15, 0.2) is 28.0 Å². The van der Waals surface area contributed by atoms with E-state index in [1.807, 2.05) is 25.4 Å². The molecule has 0 saturated carbocycles. The van der Waals surface area contributed by atoms with Gasteiger partial charge in [0.2, 0.25) is 5.82 Å². The summed E-state index contributed by atoms with van der Waals surface area (Å²) in [5.74, 6) is 1.34. The number of furan rings is 1. The second-order valence-electron chi connectivity index (χ2n) is 2.52. The van der Waals surface area contributed by atoms with Gasteiger partial charge in [0.05, 0.1) is 6.26 Å². The first-order valence-corrected chi connectivity index (χ1v) is 5.02. The van der Waals surface area contributed by atoms with Gasteiger partial charge in [-0.2, -0.15) is 4.98 Å². The molecule has 0 aliphatic heterocycles. The molecule has 0 bridgehead atoms. The first-order chi connectivity index (χ1) is 6.31. The number of rotatable bonds is 2. The van der Waals surface area contributed by atoms with Gasteiger partial charge in [-0.3, -0.25) is 0 Å². The van der Waals surface area contributed by atoms with Gasteiger partial charge in [0, 0.05) is 7.05 Å². The molecule has 13 heavy (non-hydrogen) atoms. The highest BCUT2D eigenvalue weighted by atomic mass is 32.2. The smallest absolute Gasteiger partial charge is 0.217 e. The Kier molecular flexibility index (Phi) is 2.10. The van der Waals surface area contributed by atoms with Crippen LogP contribution in [0, 0.1) is 0 Å². The standard InChI is InChI=1S/C8H9N3OS/c1-11-8(13-2)9-7(10-11)6-4-3-5-12-6/h3-5H,1-2H3. The first kappa shape index (κ1) is 8.37. The van der Waals surface area contributed by atoms with Crippen molar-refractivity contribution in [2.45, 2.75) is 5.16 Å². The largest absolute Gasteiger partial charge is 0.461 e. The zero-order chi connectivity index (χ0) is 9.26. The molecule has 0 radical (unpaired) electrons. The lowest BCUT2D eigenvalue weighted by molar-refractivity contribution is 0.576. The van der Waals surface area contributed by atoms with Crippen LogP contribution in [-0.4, -0.2) is 21.0 Å². The second kappa shape index (κ2) is 3.26. The summed E-state index contributed by atoms with van der Waals surface area (Å²) >= 11 is 1.56. The SMILES string of the molecule is CSc1nc(-c2ccco2)nn1C. The third-order valence-corrected chi connectivity index (χ3v) is 2.37. The molecule has 0 saturated heterocycles. The maximum Gasteiger partial charge on any atom is 0.217 e. The Balaban J connectivity index is 2.43. The highest BCUT2D eigenvalue weighted by Gasteiger charge is 2.09. The third kappa shape index (κ3) is 1.47. The fourth-order valence-corrected chi connectivity index (χ4v) is 1.54. The Bertz CT molecular complexity index is 393. The molecule has 0 N–H and O–H groups in total. The van der Waals surface area contributed by atoms with Gasteiger partial charge in [-0.25, -0.2) is 4.68 Å². The fraction of sp³-hybridized carbons (Fsp3) is 0.250. The van der Waals surface area contributed by atoms with Gasteiger partial charge < -0.3 is 4.42 Å². The Morgan fingerprint density at radius 2 is 2.38 bits per heavy atom. The molecule has 0 atom stereocenters. The first-order valence-electron chi connectivity index (χ1n) is 3.80. The zero-order valence-corrected chi connectivity index (χ0v) is 8.21. The number of aryl methyl sites for hydroxylation is 1. The summed E-state index contributed by atoms with van der Waals surface area (Å²) in [4.78, 5) is 4.29.